The molecular weight excluding hydrogens is 214 g/mol. The van der Waals surface area contributed by atoms with Crippen LogP contribution >= 0.6 is 0 Å². The van der Waals surface area contributed by atoms with Crippen LogP contribution in [0.5, 0.6) is 0 Å². The molecule has 0 saturated heterocycles. The number of nitrogens with two attached hydrogens (primary N) is 1. The highest BCUT2D eigenvalue weighted by molar-refractivity contribution is 5.95. The minimum atomic E-state index is -0.105. The molecule has 0 bridgehead atoms. The maximum absolute atomic E-state index is 11.9. The molecule has 1 rings (SSSR count). The van der Waals surface area contributed by atoms with Crippen molar-refractivity contribution in [3.05, 3.63) is 35.4 Å². The molecular formula is C13H19N3O. The summed E-state index contributed by atoms with van der Waals surface area (Å²) in [5.41, 5.74) is 6.90. The third-order valence-electron chi connectivity index (χ3n) is 2.79. The van der Waals surface area contributed by atoms with Crippen molar-refractivity contribution in [2.45, 2.75) is 26.2 Å². The van der Waals surface area contributed by atoms with E-state index in [4.69, 9.17) is 5.73 Å². The van der Waals surface area contributed by atoms with Crippen LogP contribution < -0.4 is 11.1 Å². The van der Waals surface area contributed by atoms with Crippen LogP contribution in [0.25, 0.3) is 0 Å². The Labute approximate surface area is 102 Å². The van der Waals surface area contributed by atoms with Crippen molar-refractivity contribution in [1.29, 1.82) is 0 Å². The van der Waals surface area contributed by atoms with Gasteiger partial charge in [-0.15, -0.1) is 0 Å². The van der Waals surface area contributed by atoms with E-state index in [9.17, 15) is 4.79 Å². The lowest BCUT2D eigenvalue weighted by Crippen LogP contribution is -2.25. The standard InChI is InChI=1S/C13H19N3O/c1-3-10(2)11-6-4-5-7-12(11)13(17)16-9-15-8-14/h4-8,10H,3,9H2,1-2H3,(H2,14,15)(H,16,17). The lowest BCUT2D eigenvalue weighted by atomic mass is 9.93. The van der Waals surface area contributed by atoms with Gasteiger partial charge >= 0.3 is 0 Å². The number of rotatable bonds is 5. The maximum atomic E-state index is 11.9. The molecule has 0 heterocycles. The van der Waals surface area contributed by atoms with Crippen molar-refractivity contribution in [2.24, 2.45) is 10.7 Å². The summed E-state index contributed by atoms with van der Waals surface area (Å²) in [5.74, 6) is 0.265. The second-order valence-electron chi connectivity index (χ2n) is 3.89. The van der Waals surface area contributed by atoms with Crippen LogP contribution in [0.15, 0.2) is 29.3 Å². The first-order chi connectivity index (χ1) is 8.20. The van der Waals surface area contributed by atoms with Gasteiger partial charge in [0, 0.05) is 5.56 Å². The monoisotopic (exact) mass is 233 g/mol. The van der Waals surface area contributed by atoms with Gasteiger partial charge in [-0.3, -0.25) is 9.79 Å². The summed E-state index contributed by atoms with van der Waals surface area (Å²) in [4.78, 5) is 15.7. The summed E-state index contributed by atoms with van der Waals surface area (Å²) in [6.07, 6.45) is 2.19. The second-order valence-corrected chi connectivity index (χ2v) is 3.89. The molecule has 0 radical (unpaired) electrons. The van der Waals surface area contributed by atoms with Gasteiger partial charge in [0.25, 0.3) is 5.91 Å². The molecule has 0 aliphatic rings. The predicted octanol–water partition coefficient (Wildman–Crippen LogP) is 1.87. The minimum Gasteiger partial charge on any atom is -0.390 e. The highest BCUT2D eigenvalue weighted by Crippen LogP contribution is 2.22. The molecule has 0 saturated carbocycles. The maximum Gasteiger partial charge on any atom is 0.253 e. The molecule has 17 heavy (non-hydrogen) atoms. The average Bonchev–Trinajstić information content (AvgIpc) is 2.38. The molecule has 1 atom stereocenters. The van der Waals surface area contributed by atoms with Gasteiger partial charge in [-0.05, 0) is 24.0 Å². The summed E-state index contributed by atoms with van der Waals surface area (Å²) in [6, 6.07) is 7.65. The number of amides is 1. The molecule has 92 valence electrons. The molecule has 1 aromatic rings. The van der Waals surface area contributed by atoms with Crippen LogP contribution in [0.2, 0.25) is 0 Å². The van der Waals surface area contributed by atoms with Crippen LogP contribution in [0.3, 0.4) is 0 Å². The Morgan fingerprint density at radius 2 is 2.24 bits per heavy atom. The van der Waals surface area contributed by atoms with Crippen molar-refractivity contribution >= 4 is 12.2 Å². The van der Waals surface area contributed by atoms with Gasteiger partial charge in [-0.1, -0.05) is 32.0 Å². The van der Waals surface area contributed by atoms with Gasteiger partial charge in [0.15, 0.2) is 0 Å². The highest BCUT2D eigenvalue weighted by Gasteiger charge is 2.13. The molecule has 4 nitrogen and oxygen atoms in total. The molecule has 0 aliphatic heterocycles. The third-order valence-corrected chi connectivity index (χ3v) is 2.79. The summed E-state index contributed by atoms with van der Waals surface area (Å²) in [7, 11) is 0. The predicted molar refractivity (Wildman–Crippen MR) is 70.2 cm³/mol. The van der Waals surface area contributed by atoms with Gasteiger partial charge in [-0.2, -0.15) is 0 Å². The van der Waals surface area contributed by atoms with Crippen molar-refractivity contribution in [1.82, 2.24) is 5.32 Å². The Kier molecular flexibility index (Phi) is 5.20. The van der Waals surface area contributed by atoms with E-state index in [0.29, 0.717) is 11.5 Å². The highest BCUT2D eigenvalue weighted by atomic mass is 16.1. The number of nitrogens with zero attached hydrogens (tertiary/aromatic N) is 1. The Bertz CT molecular complexity index is 401. The van der Waals surface area contributed by atoms with Crippen molar-refractivity contribution in [2.75, 3.05) is 6.67 Å². The van der Waals surface area contributed by atoms with E-state index in [-0.39, 0.29) is 12.6 Å². The SMILES string of the molecule is CCC(C)c1ccccc1C(=O)NCN=CN. The molecule has 1 aromatic carbocycles. The molecule has 1 unspecified atom stereocenters. The van der Waals surface area contributed by atoms with Crippen molar-refractivity contribution in [3.8, 4) is 0 Å². The van der Waals surface area contributed by atoms with E-state index in [1.807, 2.05) is 24.3 Å². The number of carbonyl (C=O) groups excluding carboxylic acids is 1. The molecule has 4 heteroatoms. The first-order valence-electron chi connectivity index (χ1n) is 5.77. The van der Waals surface area contributed by atoms with Gasteiger partial charge in [-0.25, -0.2) is 0 Å². The number of carbonyl (C=O) groups is 1. The average molecular weight is 233 g/mol. The quantitative estimate of drug-likeness (QED) is 0.602. The largest absolute Gasteiger partial charge is 0.390 e. The summed E-state index contributed by atoms with van der Waals surface area (Å²) < 4.78 is 0. The number of aliphatic imine (C=N–C) groups is 1. The molecule has 0 fully saturated rings. The van der Waals surface area contributed by atoms with Gasteiger partial charge < -0.3 is 11.1 Å². The molecule has 0 spiro atoms. The lowest BCUT2D eigenvalue weighted by Gasteiger charge is -2.14. The number of hydrogen-bond acceptors (Lipinski definition) is 2. The van der Waals surface area contributed by atoms with Gasteiger partial charge in [0.05, 0.1) is 6.34 Å². The molecule has 1 amide bonds. The van der Waals surface area contributed by atoms with E-state index in [2.05, 4.69) is 24.2 Å². The number of benzene rings is 1. The van der Waals surface area contributed by atoms with Gasteiger partial charge in [0.2, 0.25) is 0 Å². The van der Waals surface area contributed by atoms with Crippen molar-refractivity contribution < 1.29 is 4.79 Å². The minimum absolute atomic E-state index is 0.105. The second kappa shape index (κ2) is 6.68. The topological polar surface area (TPSA) is 67.5 Å². The fourth-order valence-electron chi connectivity index (χ4n) is 1.62. The number of nitrogens with one attached hydrogen (secondary N) is 1. The molecule has 0 aliphatic carbocycles. The van der Waals surface area contributed by atoms with E-state index in [0.717, 1.165) is 12.0 Å². The molecule has 3 N–H and O–H groups in total. The van der Waals surface area contributed by atoms with Crippen LogP contribution in [-0.4, -0.2) is 18.9 Å². The third kappa shape index (κ3) is 3.59. The van der Waals surface area contributed by atoms with Crippen LogP contribution in [0.1, 0.15) is 42.1 Å². The van der Waals surface area contributed by atoms with E-state index in [1.165, 1.54) is 6.34 Å². The lowest BCUT2D eigenvalue weighted by molar-refractivity contribution is 0.0953. The Hall–Kier alpha value is -1.84. The zero-order valence-corrected chi connectivity index (χ0v) is 10.3. The van der Waals surface area contributed by atoms with Crippen LogP contribution in [0.4, 0.5) is 0 Å². The normalized spacial score (nSPS) is 12.6. The van der Waals surface area contributed by atoms with E-state index < -0.39 is 0 Å². The Morgan fingerprint density at radius 3 is 2.88 bits per heavy atom. The van der Waals surface area contributed by atoms with E-state index in [1.54, 1.807) is 0 Å². The summed E-state index contributed by atoms with van der Waals surface area (Å²) >= 11 is 0. The zero-order chi connectivity index (χ0) is 12.7. The first-order valence-corrected chi connectivity index (χ1v) is 5.77. The fourth-order valence-corrected chi connectivity index (χ4v) is 1.62. The van der Waals surface area contributed by atoms with Crippen LogP contribution in [0, 0.1) is 0 Å². The zero-order valence-electron chi connectivity index (χ0n) is 10.3. The molecule has 0 aromatic heterocycles. The smallest absolute Gasteiger partial charge is 0.253 e. The Balaban J connectivity index is 2.85. The number of hydrogen-bond donors (Lipinski definition) is 2. The van der Waals surface area contributed by atoms with E-state index >= 15 is 0 Å². The van der Waals surface area contributed by atoms with Crippen molar-refractivity contribution in [3.63, 3.8) is 0 Å². The Morgan fingerprint density at radius 1 is 1.53 bits per heavy atom. The fraction of sp³-hybridized carbons (Fsp3) is 0.385. The first kappa shape index (κ1) is 13.2. The summed E-state index contributed by atoms with van der Waals surface area (Å²) in [6.45, 7) is 4.44. The van der Waals surface area contributed by atoms with Gasteiger partial charge in [0.1, 0.15) is 6.67 Å². The summed E-state index contributed by atoms with van der Waals surface area (Å²) in [5, 5.41) is 2.70. The van der Waals surface area contributed by atoms with Crippen LogP contribution in [-0.2, 0) is 0 Å².